The van der Waals surface area contributed by atoms with E-state index in [0.717, 1.165) is 18.2 Å². The van der Waals surface area contributed by atoms with Gasteiger partial charge < -0.3 is 15.0 Å². The highest BCUT2D eigenvalue weighted by atomic mass is 19.1. The normalized spacial score (nSPS) is 10.3. The Morgan fingerprint density at radius 3 is 2.84 bits per heavy atom. The molecule has 2 aromatic rings. The van der Waals surface area contributed by atoms with E-state index >= 15 is 0 Å². The fourth-order valence-electron chi connectivity index (χ4n) is 1.60. The molecule has 0 saturated carbocycles. The molecule has 0 saturated heterocycles. The van der Waals surface area contributed by atoms with Gasteiger partial charge in [-0.3, -0.25) is 0 Å². The number of methoxy groups -OCH3 is 1. The molecule has 0 aliphatic carbocycles. The summed E-state index contributed by atoms with van der Waals surface area (Å²) in [5.41, 5.74) is 1.03. The van der Waals surface area contributed by atoms with Crippen molar-refractivity contribution in [1.29, 1.82) is 0 Å². The first-order valence-electron chi connectivity index (χ1n) is 5.55. The van der Waals surface area contributed by atoms with Crippen molar-refractivity contribution in [3.05, 3.63) is 53.4 Å². The number of halogens is 2. The van der Waals surface area contributed by atoms with Gasteiger partial charge in [0.2, 0.25) is 0 Å². The lowest BCUT2D eigenvalue weighted by Gasteiger charge is -2.06. The smallest absolute Gasteiger partial charge is 0.354 e. The number of aromatic amines is 1. The monoisotopic (exact) mass is 266 g/mol. The van der Waals surface area contributed by atoms with Crippen molar-refractivity contribution < 1.29 is 18.3 Å². The molecule has 2 N–H and O–H groups in total. The van der Waals surface area contributed by atoms with Gasteiger partial charge in [-0.15, -0.1) is 0 Å². The van der Waals surface area contributed by atoms with E-state index in [2.05, 4.69) is 15.0 Å². The average molecular weight is 266 g/mol. The minimum Gasteiger partial charge on any atom is -0.464 e. The number of aromatic nitrogens is 1. The molecule has 19 heavy (non-hydrogen) atoms. The van der Waals surface area contributed by atoms with Crippen molar-refractivity contribution >= 4 is 11.7 Å². The zero-order valence-electron chi connectivity index (χ0n) is 10.2. The largest absolute Gasteiger partial charge is 0.464 e. The lowest BCUT2D eigenvalue weighted by Crippen LogP contribution is -2.04. The maximum absolute atomic E-state index is 13.3. The number of esters is 1. The third kappa shape index (κ3) is 3.09. The van der Waals surface area contributed by atoms with Crippen molar-refractivity contribution in [1.82, 2.24) is 4.98 Å². The summed E-state index contributed by atoms with van der Waals surface area (Å²) in [6.45, 7) is 0.233. The molecule has 0 fully saturated rings. The number of carbonyl (C=O) groups excluding carboxylic acids is 1. The average Bonchev–Trinajstić information content (AvgIpc) is 2.88. The summed E-state index contributed by atoms with van der Waals surface area (Å²) >= 11 is 0. The van der Waals surface area contributed by atoms with Gasteiger partial charge in [0.15, 0.2) is 0 Å². The molecule has 4 nitrogen and oxygen atoms in total. The van der Waals surface area contributed by atoms with Crippen LogP contribution in [0.3, 0.4) is 0 Å². The summed E-state index contributed by atoms with van der Waals surface area (Å²) in [4.78, 5) is 14.0. The Morgan fingerprint density at radius 2 is 2.11 bits per heavy atom. The first kappa shape index (κ1) is 13.1. The number of carbonyl (C=O) groups is 1. The third-order valence-corrected chi connectivity index (χ3v) is 2.55. The molecule has 0 unspecified atom stereocenters. The predicted molar refractivity (Wildman–Crippen MR) is 65.8 cm³/mol. The van der Waals surface area contributed by atoms with Crippen LogP contribution in [0.15, 0.2) is 30.3 Å². The number of anilines is 1. The molecule has 0 aliphatic rings. The lowest BCUT2D eigenvalue weighted by molar-refractivity contribution is 0.0594. The van der Waals surface area contributed by atoms with E-state index in [1.54, 1.807) is 12.1 Å². The van der Waals surface area contributed by atoms with Crippen LogP contribution in [0.5, 0.6) is 0 Å². The highest BCUT2D eigenvalue weighted by Crippen LogP contribution is 2.16. The molecule has 1 aromatic heterocycles. The second kappa shape index (κ2) is 5.51. The number of hydrogen-bond acceptors (Lipinski definition) is 3. The topological polar surface area (TPSA) is 54.1 Å². The van der Waals surface area contributed by atoms with Crippen LogP contribution < -0.4 is 5.32 Å². The number of hydrogen-bond donors (Lipinski definition) is 2. The SMILES string of the molecule is COC(=O)c1ccc(CNc2cc(F)ccc2F)[nH]1. The molecule has 0 amide bonds. The summed E-state index contributed by atoms with van der Waals surface area (Å²) in [6, 6.07) is 6.39. The Labute approximate surface area is 108 Å². The molecule has 0 radical (unpaired) electrons. The second-order valence-corrected chi connectivity index (χ2v) is 3.87. The zero-order valence-corrected chi connectivity index (χ0v) is 10.2. The van der Waals surface area contributed by atoms with Gasteiger partial charge in [0.25, 0.3) is 0 Å². The maximum atomic E-state index is 13.3. The minimum atomic E-state index is -0.541. The van der Waals surface area contributed by atoms with E-state index in [1.165, 1.54) is 7.11 Å². The van der Waals surface area contributed by atoms with E-state index in [0.29, 0.717) is 11.4 Å². The van der Waals surface area contributed by atoms with Crippen molar-refractivity contribution in [3.8, 4) is 0 Å². The lowest BCUT2D eigenvalue weighted by atomic mass is 10.3. The van der Waals surface area contributed by atoms with Gasteiger partial charge in [-0.1, -0.05) is 0 Å². The first-order valence-corrected chi connectivity index (χ1v) is 5.55. The molecule has 1 aromatic carbocycles. The molecule has 100 valence electrons. The van der Waals surface area contributed by atoms with Crippen LogP contribution in [0.25, 0.3) is 0 Å². The van der Waals surface area contributed by atoms with Gasteiger partial charge in [0, 0.05) is 5.69 Å². The van der Waals surface area contributed by atoms with Gasteiger partial charge in [0.05, 0.1) is 19.3 Å². The van der Waals surface area contributed by atoms with Gasteiger partial charge in [-0.05, 0) is 30.3 Å². The number of nitrogens with one attached hydrogen (secondary N) is 2. The van der Waals surface area contributed by atoms with Gasteiger partial charge >= 0.3 is 5.97 Å². The highest BCUT2D eigenvalue weighted by molar-refractivity contribution is 5.87. The molecule has 6 heteroatoms. The maximum Gasteiger partial charge on any atom is 0.354 e. The Hall–Kier alpha value is -2.37. The summed E-state index contributed by atoms with van der Waals surface area (Å²) in [5.74, 6) is -1.55. The summed E-state index contributed by atoms with van der Waals surface area (Å²) < 4.78 is 30.8. The Balaban J connectivity index is 2.04. The molecule has 0 aliphatic heterocycles. The number of ether oxygens (including phenoxy) is 1. The number of benzene rings is 1. The van der Waals surface area contributed by atoms with Gasteiger partial charge in [-0.2, -0.15) is 0 Å². The third-order valence-electron chi connectivity index (χ3n) is 2.55. The molecule has 0 spiro atoms. The van der Waals surface area contributed by atoms with E-state index in [4.69, 9.17) is 0 Å². The van der Waals surface area contributed by atoms with Crippen molar-refractivity contribution in [2.75, 3.05) is 12.4 Å². The number of rotatable bonds is 4. The van der Waals surface area contributed by atoms with Crippen LogP contribution in [0.4, 0.5) is 14.5 Å². The standard InChI is InChI=1S/C13H12F2N2O2/c1-19-13(18)11-5-3-9(17-11)7-16-12-6-8(14)2-4-10(12)15/h2-6,16-17H,7H2,1H3. The Morgan fingerprint density at radius 1 is 1.32 bits per heavy atom. The van der Waals surface area contributed by atoms with Crippen LogP contribution in [-0.2, 0) is 11.3 Å². The molecule has 0 bridgehead atoms. The summed E-state index contributed by atoms with van der Waals surface area (Å²) in [6.07, 6.45) is 0. The van der Waals surface area contributed by atoms with Crippen LogP contribution in [0, 0.1) is 11.6 Å². The molecular weight excluding hydrogens is 254 g/mol. The number of H-pyrrole nitrogens is 1. The van der Waals surface area contributed by atoms with Crippen LogP contribution >= 0.6 is 0 Å². The van der Waals surface area contributed by atoms with Crippen LogP contribution in [0.1, 0.15) is 16.2 Å². The highest BCUT2D eigenvalue weighted by Gasteiger charge is 2.08. The molecule has 0 atom stereocenters. The molecule has 1 heterocycles. The minimum absolute atomic E-state index is 0.0641. The van der Waals surface area contributed by atoms with E-state index < -0.39 is 17.6 Å². The predicted octanol–water partition coefficient (Wildman–Crippen LogP) is 2.69. The Kier molecular flexibility index (Phi) is 3.79. The van der Waals surface area contributed by atoms with Crippen molar-refractivity contribution in [2.45, 2.75) is 6.54 Å². The quantitative estimate of drug-likeness (QED) is 0.836. The fourth-order valence-corrected chi connectivity index (χ4v) is 1.60. The van der Waals surface area contributed by atoms with Crippen LogP contribution in [-0.4, -0.2) is 18.1 Å². The molecule has 2 rings (SSSR count). The summed E-state index contributed by atoms with van der Waals surface area (Å²) in [5, 5.41) is 2.74. The zero-order chi connectivity index (χ0) is 13.8. The van der Waals surface area contributed by atoms with Gasteiger partial charge in [-0.25, -0.2) is 13.6 Å². The first-order chi connectivity index (χ1) is 9.10. The van der Waals surface area contributed by atoms with Crippen LogP contribution in [0.2, 0.25) is 0 Å². The van der Waals surface area contributed by atoms with E-state index in [9.17, 15) is 13.6 Å². The fraction of sp³-hybridized carbons (Fsp3) is 0.154. The Bertz CT molecular complexity index is 596. The molecular formula is C13H12F2N2O2. The van der Waals surface area contributed by atoms with E-state index in [1.807, 2.05) is 0 Å². The second-order valence-electron chi connectivity index (χ2n) is 3.87. The van der Waals surface area contributed by atoms with Crippen molar-refractivity contribution in [3.63, 3.8) is 0 Å². The summed E-state index contributed by atoms with van der Waals surface area (Å²) in [7, 11) is 1.28. The van der Waals surface area contributed by atoms with Crippen molar-refractivity contribution in [2.24, 2.45) is 0 Å². The van der Waals surface area contributed by atoms with E-state index in [-0.39, 0.29) is 12.2 Å². The van der Waals surface area contributed by atoms with Gasteiger partial charge in [0.1, 0.15) is 17.3 Å².